The summed E-state index contributed by atoms with van der Waals surface area (Å²) in [7, 11) is 0. The highest BCUT2D eigenvalue weighted by molar-refractivity contribution is 5.96. The third kappa shape index (κ3) is 4.54. The first-order valence-electron chi connectivity index (χ1n) is 11.5. The molecule has 0 saturated carbocycles. The molecule has 0 aliphatic carbocycles. The zero-order valence-corrected chi connectivity index (χ0v) is 18.0. The number of hydrogen-bond donors (Lipinski definition) is 1. The van der Waals surface area contributed by atoms with E-state index >= 15 is 0 Å². The SMILES string of the molecule is O=C1C2C=CC(N3CCOCC3)=NC2CCN1CC(O)CN1CCc2ccccc2C1. The summed E-state index contributed by atoms with van der Waals surface area (Å²) in [6.07, 6.45) is 5.34. The summed E-state index contributed by atoms with van der Waals surface area (Å²) in [6, 6.07) is 8.54. The third-order valence-corrected chi connectivity index (χ3v) is 6.90. The maximum Gasteiger partial charge on any atom is 0.231 e. The van der Waals surface area contributed by atoms with Crippen molar-refractivity contribution in [3.05, 3.63) is 47.5 Å². The van der Waals surface area contributed by atoms with Crippen molar-refractivity contribution in [2.75, 3.05) is 52.5 Å². The number of morpholine rings is 1. The molecule has 0 aromatic heterocycles. The Morgan fingerprint density at radius 1 is 1.10 bits per heavy atom. The first-order chi connectivity index (χ1) is 15.2. The molecule has 1 amide bonds. The maximum absolute atomic E-state index is 13.1. The summed E-state index contributed by atoms with van der Waals surface area (Å²) in [5.74, 6) is 0.879. The quantitative estimate of drug-likeness (QED) is 0.779. The average Bonchev–Trinajstić information content (AvgIpc) is 2.81. The number of aliphatic imine (C=N–C) groups is 1. The monoisotopic (exact) mass is 424 g/mol. The Morgan fingerprint density at radius 3 is 2.74 bits per heavy atom. The molecule has 3 atom stereocenters. The van der Waals surface area contributed by atoms with Crippen LogP contribution in [-0.4, -0.2) is 96.2 Å². The molecule has 0 bridgehead atoms. The number of amides is 1. The number of amidine groups is 1. The highest BCUT2D eigenvalue weighted by Crippen LogP contribution is 2.27. The first-order valence-corrected chi connectivity index (χ1v) is 11.5. The van der Waals surface area contributed by atoms with E-state index in [1.807, 2.05) is 17.1 Å². The largest absolute Gasteiger partial charge is 0.390 e. The Balaban J connectivity index is 1.15. The van der Waals surface area contributed by atoms with E-state index in [2.05, 4.69) is 34.1 Å². The molecule has 0 spiro atoms. The Bertz CT molecular complexity index is 864. The van der Waals surface area contributed by atoms with E-state index in [4.69, 9.17) is 9.73 Å². The maximum atomic E-state index is 13.1. The Kier molecular flexibility index (Phi) is 6.07. The number of benzene rings is 1. The van der Waals surface area contributed by atoms with Crippen LogP contribution in [0.3, 0.4) is 0 Å². The summed E-state index contributed by atoms with van der Waals surface area (Å²) >= 11 is 0. The number of nitrogens with zero attached hydrogens (tertiary/aromatic N) is 4. The van der Waals surface area contributed by atoms with E-state index in [1.165, 1.54) is 11.1 Å². The second kappa shape index (κ2) is 9.10. The lowest BCUT2D eigenvalue weighted by Gasteiger charge is -2.39. The molecular formula is C24H32N4O3. The normalized spacial score (nSPS) is 27.5. The van der Waals surface area contributed by atoms with Crippen molar-refractivity contribution in [3.8, 4) is 0 Å². The van der Waals surface area contributed by atoms with Gasteiger partial charge in [-0.2, -0.15) is 0 Å². The molecule has 1 aromatic rings. The van der Waals surface area contributed by atoms with Gasteiger partial charge in [0.1, 0.15) is 5.84 Å². The van der Waals surface area contributed by atoms with Gasteiger partial charge in [0, 0.05) is 45.8 Å². The van der Waals surface area contributed by atoms with E-state index in [-0.39, 0.29) is 17.9 Å². The number of carbonyl (C=O) groups is 1. The lowest BCUT2D eigenvalue weighted by molar-refractivity contribution is -0.139. The molecular weight excluding hydrogens is 392 g/mol. The van der Waals surface area contributed by atoms with Gasteiger partial charge in [-0.15, -0.1) is 0 Å². The second-order valence-corrected chi connectivity index (χ2v) is 9.02. The smallest absolute Gasteiger partial charge is 0.231 e. The van der Waals surface area contributed by atoms with Crippen LogP contribution in [0.2, 0.25) is 0 Å². The van der Waals surface area contributed by atoms with Gasteiger partial charge in [-0.3, -0.25) is 14.7 Å². The molecule has 7 heteroatoms. The Morgan fingerprint density at radius 2 is 1.90 bits per heavy atom. The molecule has 2 fully saturated rings. The van der Waals surface area contributed by atoms with Gasteiger partial charge in [-0.25, -0.2) is 0 Å². The summed E-state index contributed by atoms with van der Waals surface area (Å²) in [4.78, 5) is 24.3. The molecule has 5 rings (SSSR count). The number of ether oxygens (including phenoxy) is 1. The molecule has 3 unspecified atom stereocenters. The van der Waals surface area contributed by atoms with Crippen LogP contribution >= 0.6 is 0 Å². The fourth-order valence-corrected chi connectivity index (χ4v) is 5.19. The number of aliphatic hydroxyl groups excluding tert-OH is 1. The summed E-state index contributed by atoms with van der Waals surface area (Å²) in [5, 5.41) is 10.7. The lowest BCUT2D eigenvalue weighted by Crippen LogP contribution is -2.52. The first kappa shape index (κ1) is 20.7. The summed E-state index contributed by atoms with van der Waals surface area (Å²) < 4.78 is 5.43. The number of rotatable bonds is 4. The van der Waals surface area contributed by atoms with Crippen LogP contribution in [-0.2, 0) is 22.5 Å². The van der Waals surface area contributed by atoms with Crippen LogP contribution in [0.1, 0.15) is 17.5 Å². The van der Waals surface area contributed by atoms with E-state index in [1.54, 1.807) is 0 Å². The van der Waals surface area contributed by atoms with E-state index in [0.717, 1.165) is 58.1 Å². The zero-order chi connectivity index (χ0) is 21.2. The fraction of sp³-hybridized carbons (Fsp3) is 0.583. The van der Waals surface area contributed by atoms with Crippen molar-refractivity contribution in [1.29, 1.82) is 0 Å². The average molecular weight is 425 g/mol. The van der Waals surface area contributed by atoms with Gasteiger partial charge in [0.2, 0.25) is 5.91 Å². The fourth-order valence-electron chi connectivity index (χ4n) is 5.19. The van der Waals surface area contributed by atoms with E-state index in [0.29, 0.717) is 19.6 Å². The third-order valence-electron chi connectivity index (χ3n) is 6.90. The molecule has 4 aliphatic rings. The number of carbonyl (C=O) groups excluding carboxylic acids is 1. The van der Waals surface area contributed by atoms with E-state index < -0.39 is 6.10 Å². The van der Waals surface area contributed by atoms with Crippen molar-refractivity contribution >= 4 is 11.7 Å². The zero-order valence-electron chi connectivity index (χ0n) is 18.0. The topological polar surface area (TPSA) is 68.6 Å². The molecule has 4 aliphatic heterocycles. The van der Waals surface area contributed by atoms with Crippen molar-refractivity contribution in [1.82, 2.24) is 14.7 Å². The number of fused-ring (bicyclic) bond motifs is 2. The molecule has 1 aromatic carbocycles. The van der Waals surface area contributed by atoms with Gasteiger partial charge >= 0.3 is 0 Å². The minimum Gasteiger partial charge on any atom is -0.390 e. The van der Waals surface area contributed by atoms with E-state index in [9.17, 15) is 9.90 Å². The number of dihydropyridines is 1. The molecule has 4 heterocycles. The number of β-amino-alcohol motifs (C(OH)–C–C–N with tert-alkyl or cyclic N) is 1. The number of piperidine rings is 1. The summed E-state index contributed by atoms with van der Waals surface area (Å²) in [6.45, 7) is 6.65. The van der Waals surface area contributed by atoms with Gasteiger partial charge in [0.25, 0.3) is 0 Å². The highest BCUT2D eigenvalue weighted by Gasteiger charge is 2.38. The molecule has 31 heavy (non-hydrogen) atoms. The van der Waals surface area contributed by atoms with Crippen LogP contribution in [0, 0.1) is 5.92 Å². The Labute approximate surface area is 184 Å². The van der Waals surface area contributed by atoms with Crippen LogP contribution in [0.5, 0.6) is 0 Å². The molecule has 2 saturated heterocycles. The number of hydrogen-bond acceptors (Lipinski definition) is 6. The highest BCUT2D eigenvalue weighted by atomic mass is 16.5. The predicted octanol–water partition coefficient (Wildman–Crippen LogP) is 0.923. The number of likely N-dealkylation sites (tertiary alicyclic amines) is 1. The number of aliphatic hydroxyl groups is 1. The summed E-state index contributed by atoms with van der Waals surface area (Å²) in [5.41, 5.74) is 2.76. The van der Waals surface area contributed by atoms with Crippen LogP contribution < -0.4 is 0 Å². The minimum absolute atomic E-state index is 0.0160. The van der Waals surface area contributed by atoms with Gasteiger partial charge in [-0.1, -0.05) is 30.3 Å². The van der Waals surface area contributed by atoms with Crippen molar-refractivity contribution in [2.45, 2.75) is 31.5 Å². The second-order valence-electron chi connectivity index (χ2n) is 9.02. The van der Waals surface area contributed by atoms with Crippen molar-refractivity contribution < 1.29 is 14.6 Å². The molecule has 166 valence electrons. The predicted molar refractivity (Wildman–Crippen MR) is 119 cm³/mol. The molecule has 7 nitrogen and oxygen atoms in total. The minimum atomic E-state index is -0.536. The molecule has 1 N–H and O–H groups in total. The van der Waals surface area contributed by atoms with Crippen LogP contribution in [0.4, 0.5) is 0 Å². The van der Waals surface area contributed by atoms with Gasteiger partial charge in [0.05, 0.1) is 31.3 Å². The van der Waals surface area contributed by atoms with Crippen LogP contribution in [0.15, 0.2) is 41.4 Å². The van der Waals surface area contributed by atoms with Gasteiger partial charge in [-0.05, 0) is 30.0 Å². The van der Waals surface area contributed by atoms with Gasteiger partial charge < -0.3 is 19.6 Å². The van der Waals surface area contributed by atoms with Crippen molar-refractivity contribution in [3.63, 3.8) is 0 Å². The van der Waals surface area contributed by atoms with Gasteiger partial charge in [0.15, 0.2) is 0 Å². The van der Waals surface area contributed by atoms with Crippen molar-refractivity contribution in [2.24, 2.45) is 10.9 Å². The lowest BCUT2D eigenvalue weighted by atomic mass is 9.89. The standard InChI is InChI=1S/C24H32N4O3/c29-20(16-26-9-7-18-3-1-2-4-19(18)15-26)17-28-10-8-22-21(24(28)30)5-6-23(25-22)27-11-13-31-14-12-27/h1-6,20-22,29H,7-17H2. The molecule has 0 radical (unpaired) electrons. The Hall–Kier alpha value is -2.22. The van der Waals surface area contributed by atoms with Crippen LogP contribution in [0.25, 0.3) is 0 Å².